The van der Waals surface area contributed by atoms with Gasteiger partial charge in [0.2, 0.25) is 11.8 Å². The molecule has 0 radical (unpaired) electrons. The van der Waals surface area contributed by atoms with E-state index in [1.54, 1.807) is 11.0 Å². The predicted octanol–water partition coefficient (Wildman–Crippen LogP) is 2.16. The maximum Gasteiger partial charge on any atom is 0.227 e. The molecule has 0 saturated carbocycles. The van der Waals surface area contributed by atoms with E-state index in [0.717, 1.165) is 5.56 Å². The van der Waals surface area contributed by atoms with Crippen molar-refractivity contribution in [3.8, 4) is 0 Å². The zero-order valence-electron chi connectivity index (χ0n) is 14.3. The Kier molecular flexibility index (Phi) is 5.94. The maximum absolute atomic E-state index is 13.3. The molecular formula is C18H25FN2O3. The summed E-state index contributed by atoms with van der Waals surface area (Å²) < 4.78 is 13.3. The van der Waals surface area contributed by atoms with Gasteiger partial charge in [-0.05, 0) is 49.9 Å². The molecule has 2 rings (SSSR count). The van der Waals surface area contributed by atoms with E-state index in [1.165, 1.54) is 12.1 Å². The van der Waals surface area contributed by atoms with Gasteiger partial charge in [0.05, 0.1) is 0 Å². The van der Waals surface area contributed by atoms with E-state index in [2.05, 4.69) is 5.32 Å². The highest BCUT2D eigenvalue weighted by Gasteiger charge is 2.27. The molecule has 0 spiro atoms. The van der Waals surface area contributed by atoms with E-state index < -0.39 is 5.54 Å². The summed E-state index contributed by atoms with van der Waals surface area (Å²) >= 11 is 0. The first-order chi connectivity index (χ1) is 11.4. The fourth-order valence-corrected chi connectivity index (χ4v) is 2.96. The van der Waals surface area contributed by atoms with Crippen LogP contribution in [0.15, 0.2) is 18.2 Å². The van der Waals surface area contributed by atoms with Crippen molar-refractivity contribution in [2.75, 3.05) is 18.1 Å². The van der Waals surface area contributed by atoms with Gasteiger partial charge >= 0.3 is 0 Å². The van der Waals surface area contributed by atoms with Crippen LogP contribution >= 0.6 is 0 Å². The van der Waals surface area contributed by atoms with Gasteiger partial charge in [0, 0.05) is 37.2 Å². The molecule has 0 aromatic heterocycles. The lowest BCUT2D eigenvalue weighted by molar-refractivity contribution is -0.123. The largest absolute Gasteiger partial charge is 0.396 e. The van der Waals surface area contributed by atoms with Crippen molar-refractivity contribution in [1.82, 2.24) is 5.32 Å². The molecule has 24 heavy (non-hydrogen) atoms. The molecule has 1 aliphatic rings. The number of halogens is 1. The quantitative estimate of drug-likeness (QED) is 0.802. The third kappa shape index (κ3) is 4.32. The Morgan fingerprint density at radius 1 is 1.42 bits per heavy atom. The maximum atomic E-state index is 13.3. The standard InChI is InChI=1S/C18H25FN2O3/c1-3-18(2,9-11-22)20-16(23)8-10-21-15-6-5-14(19)12-13(15)4-7-17(21)24/h5-6,12,22H,3-4,7-11H2,1-2H3,(H,20,23). The first-order valence-corrected chi connectivity index (χ1v) is 8.39. The lowest BCUT2D eigenvalue weighted by Gasteiger charge is -2.31. The van der Waals surface area contributed by atoms with Crippen LogP contribution in [0.4, 0.5) is 10.1 Å². The second kappa shape index (κ2) is 7.75. The van der Waals surface area contributed by atoms with Crippen LogP contribution in [0.5, 0.6) is 0 Å². The first kappa shape index (κ1) is 18.4. The molecule has 2 N–H and O–H groups in total. The lowest BCUT2D eigenvalue weighted by Crippen LogP contribution is -2.47. The number of anilines is 1. The molecule has 5 nitrogen and oxygen atoms in total. The Balaban J connectivity index is 2.01. The fourth-order valence-electron chi connectivity index (χ4n) is 2.96. The average Bonchev–Trinajstić information content (AvgIpc) is 2.54. The van der Waals surface area contributed by atoms with Gasteiger partial charge in [0.25, 0.3) is 0 Å². The second-order valence-electron chi connectivity index (χ2n) is 6.50. The molecule has 1 aromatic carbocycles. The van der Waals surface area contributed by atoms with Gasteiger partial charge in [0.1, 0.15) is 5.82 Å². The summed E-state index contributed by atoms with van der Waals surface area (Å²) in [4.78, 5) is 25.9. The predicted molar refractivity (Wildman–Crippen MR) is 90.2 cm³/mol. The molecule has 1 heterocycles. The molecule has 0 saturated heterocycles. The number of hydrogen-bond acceptors (Lipinski definition) is 3. The number of aryl methyl sites for hydroxylation is 1. The van der Waals surface area contributed by atoms with Gasteiger partial charge in [-0.1, -0.05) is 6.92 Å². The van der Waals surface area contributed by atoms with Gasteiger partial charge < -0.3 is 15.3 Å². The summed E-state index contributed by atoms with van der Waals surface area (Å²) in [6, 6.07) is 4.38. The Morgan fingerprint density at radius 3 is 2.83 bits per heavy atom. The number of amides is 2. The number of benzene rings is 1. The third-order valence-electron chi connectivity index (χ3n) is 4.69. The molecule has 0 bridgehead atoms. The number of aliphatic hydroxyl groups excluding tert-OH is 1. The van der Waals surface area contributed by atoms with Gasteiger partial charge in [-0.3, -0.25) is 9.59 Å². The summed E-state index contributed by atoms with van der Waals surface area (Å²) in [5.41, 5.74) is 1.04. The Hall–Kier alpha value is -1.95. The number of nitrogens with one attached hydrogen (secondary N) is 1. The molecule has 1 aliphatic heterocycles. The first-order valence-electron chi connectivity index (χ1n) is 8.39. The minimum Gasteiger partial charge on any atom is -0.396 e. The van der Waals surface area contributed by atoms with Gasteiger partial charge in [-0.25, -0.2) is 4.39 Å². The molecule has 1 aromatic rings. The van der Waals surface area contributed by atoms with Crippen LogP contribution in [0, 0.1) is 5.82 Å². The number of aliphatic hydroxyl groups is 1. The molecule has 1 unspecified atom stereocenters. The van der Waals surface area contributed by atoms with Crippen LogP contribution in [0.2, 0.25) is 0 Å². The number of hydrogen-bond donors (Lipinski definition) is 2. The Morgan fingerprint density at radius 2 is 2.17 bits per heavy atom. The minimum atomic E-state index is -0.446. The van der Waals surface area contributed by atoms with Crippen LogP contribution < -0.4 is 10.2 Å². The topological polar surface area (TPSA) is 69.6 Å². The highest BCUT2D eigenvalue weighted by molar-refractivity contribution is 5.97. The number of carbonyl (C=O) groups excluding carboxylic acids is 2. The molecule has 132 valence electrons. The molecular weight excluding hydrogens is 311 g/mol. The summed E-state index contributed by atoms with van der Waals surface area (Å²) in [6.45, 7) is 4.12. The van der Waals surface area contributed by atoms with E-state index in [1.807, 2.05) is 13.8 Å². The molecule has 6 heteroatoms. The summed E-state index contributed by atoms with van der Waals surface area (Å²) in [7, 11) is 0. The van der Waals surface area contributed by atoms with Crippen molar-refractivity contribution in [3.05, 3.63) is 29.6 Å². The number of fused-ring (bicyclic) bond motifs is 1. The van der Waals surface area contributed by atoms with E-state index in [0.29, 0.717) is 31.4 Å². The number of nitrogens with zero attached hydrogens (tertiary/aromatic N) is 1. The van der Waals surface area contributed by atoms with Crippen LogP contribution in [-0.4, -0.2) is 35.6 Å². The molecule has 1 atom stereocenters. The SMILES string of the molecule is CCC(C)(CCO)NC(=O)CCN1C(=O)CCc2cc(F)ccc21. The van der Waals surface area contributed by atoms with Crippen LogP contribution in [0.1, 0.15) is 45.1 Å². The van der Waals surface area contributed by atoms with E-state index in [9.17, 15) is 14.0 Å². The number of rotatable bonds is 7. The van der Waals surface area contributed by atoms with Crippen LogP contribution in [0.25, 0.3) is 0 Å². The van der Waals surface area contributed by atoms with Crippen molar-refractivity contribution in [2.24, 2.45) is 0 Å². The van der Waals surface area contributed by atoms with Crippen LogP contribution in [-0.2, 0) is 16.0 Å². The Bertz CT molecular complexity index is 620. The van der Waals surface area contributed by atoms with E-state index in [-0.39, 0.29) is 37.2 Å². The van der Waals surface area contributed by atoms with Gasteiger partial charge in [-0.2, -0.15) is 0 Å². The van der Waals surface area contributed by atoms with Crippen LogP contribution in [0.3, 0.4) is 0 Å². The van der Waals surface area contributed by atoms with Crippen molar-refractivity contribution in [2.45, 2.75) is 51.5 Å². The van der Waals surface area contributed by atoms with E-state index in [4.69, 9.17) is 5.11 Å². The number of carbonyl (C=O) groups is 2. The third-order valence-corrected chi connectivity index (χ3v) is 4.69. The summed E-state index contributed by atoms with van der Waals surface area (Å²) in [6.07, 6.45) is 2.22. The zero-order chi connectivity index (χ0) is 17.7. The molecule has 0 fully saturated rings. The lowest BCUT2D eigenvalue weighted by atomic mass is 9.94. The molecule has 2 amide bonds. The fraction of sp³-hybridized carbons (Fsp3) is 0.556. The summed E-state index contributed by atoms with van der Waals surface area (Å²) in [5, 5.41) is 12.0. The second-order valence-corrected chi connectivity index (χ2v) is 6.50. The minimum absolute atomic E-state index is 0.00811. The zero-order valence-corrected chi connectivity index (χ0v) is 14.3. The van der Waals surface area contributed by atoms with Crippen molar-refractivity contribution in [1.29, 1.82) is 0 Å². The van der Waals surface area contributed by atoms with Crippen molar-refractivity contribution in [3.63, 3.8) is 0 Å². The van der Waals surface area contributed by atoms with Crippen molar-refractivity contribution >= 4 is 17.5 Å². The highest BCUT2D eigenvalue weighted by Crippen LogP contribution is 2.28. The smallest absolute Gasteiger partial charge is 0.227 e. The normalized spacial score (nSPS) is 16.5. The monoisotopic (exact) mass is 336 g/mol. The average molecular weight is 336 g/mol. The Labute approximate surface area is 141 Å². The molecule has 0 aliphatic carbocycles. The van der Waals surface area contributed by atoms with E-state index >= 15 is 0 Å². The van der Waals surface area contributed by atoms with Gasteiger partial charge in [0.15, 0.2) is 0 Å². The summed E-state index contributed by atoms with van der Waals surface area (Å²) in [5.74, 6) is -0.520. The van der Waals surface area contributed by atoms with Gasteiger partial charge in [-0.15, -0.1) is 0 Å². The highest BCUT2D eigenvalue weighted by atomic mass is 19.1. The van der Waals surface area contributed by atoms with Crippen molar-refractivity contribution < 1.29 is 19.1 Å².